The summed E-state index contributed by atoms with van der Waals surface area (Å²) < 4.78 is 4.77. The molecule has 0 saturated heterocycles. The van der Waals surface area contributed by atoms with Crippen LogP contribution in [-0.4, -0.2) is 18.2 Å². The highest BCUT2D eigenvalue weighted by Gasteiger charge is 2.15. The number of hydrogen-bond donors (Lipinski definition) is 2. The van der Waals surface area contributed by atoms with E-state index in [4.69, 9.17) is 17.0 Å². The summed E-state index contributed by atoms with van der Waals surface area (Å²) in [6, 6.07) is 25.5. The Morgan fingerprint density at radius 3 is 2.29 bits per heavy atom. The Morgan fingerprint density at radius 2 is 1.61 bits per heavy atom. The Morgan fingerprint density at radius 1 is 0.929 bits per heavy atom. The molecule has 5 heteroatoms. The van der Waals surface area contributed by atoms with Crippen molar-refractivity contribution in [1.29, 1.82) is 0 Å². The van der Waals surface area contributed by atoms with E-state index in [1.54, 1.807) is 18.2 Å². The molecule has 0 saturated carbocycles. The molecule has 28 heavy (non-hydrogen) atoms. The average Bonchev–Trinajstić information content (AvgIpc) is 2.73. The number of methoxy groups -OCH3 is 1. The van der Waals surface area contributed by atoms with Gasteiger partial charge >= 0.3 is 5.97 Å². The first-order valence-corrected chi connectivity index (χ1v) is 9.35. The zero-order chi connectivity index (χ0) is 19.9. The highest BCUT2D eigenvalue weighted by molar-refractivity contribution is 7.80. The summed E-state index contributed by atoms with van der Waals surface area (Å²) in [6.07, 6.45) is 0. The van der Waals surface area contributed by atoms with Gasteiger partial charge in [-0.05, 0) is 48.5 Å². The molecule has 4 nitrogen and oxygen atoms in total. The van der Waals surface area contributed by atoms with Crippen molar-refractivity contribution >= 4 is 29.0 Å². The molecule has 3 rings (SSSR count). The summed E-state index contributed by atoms with van der Waals surface area (Å²) in [4.78, 5) is 11.7. The van der Waals surface area contributed by atoms with Crippen molar-refractivity contribution in [2.75, 3.05) is 12.4 Å². The molecule has 1 unspecified atom stereocenters. The maximum atomic E-state index is 11.7. The smallest absolute Gasteiger partial charge is 0.337 e. The minimum atomic E-state index is -0.385. The molecule has 0 spiro atoms. The van der Waals surface area contributed by atoms with Gasteiger partial charge in [0, 0.05) is 5.69 Å². The molecule has 0 fully saturated rings. The number of aryl methyl sites for hydroxylation is 1. The zero-order valence-electron chi connectivity index (χ0n) is 15.8. The third kappa shape index (κ3) is 4.96. The highest BCUT2D eigenvalue weighted by Crippen LogP contribution is 2.23. The number of anilines is 1. The summed E-state index contributed by atoms with van der Waals surface area (Å²) in [6.45, 7) is 2.06. The molecular weight excluding hydrogens is 368 g/mol. The first-order valence-electron chi connectivity index (χ1n) is 8.94. The van der Waals surface area contributed by atoms with Gasteiger partial charge in [0.15, 0.2) is 5.11 Å². The number of nitrogens with one attached hydrogen (secondary N) is 2. The fourth-order valence-electron chi connectivity index (χ4n) is 2.90. The van der Waals surface area contributed by atoms with Crippen LogP contribution in [0.3, 0.4) is 0 Å². The van der Waals surface area contributed by atoms with E-state index in [2.05, 4.69) is 54.0 Å². The summed E-state index contributed by atoms with van der Waals surface area (Å²) in [7, 11) is 1.36. The van der Waals surface area contributed by atoms with Crippen LogP contribution in [0, 0.1) is 6.92 Å². The summed E-state index contributed by atoms with van der Waals surface area (Å²) in [5.41, 5.74) is 4.61. The van der Waals surface area contributed by atoms with Crippen molar-refractivity contribution in [3.05, 3.63) is 101 Å². The van der Waals surface area contributed by atoms with Crippen LogP contribution in [0.15, 0.2) is 78.9 Å². The Labute approximate surface area is 170 Å². The van der Waals surface area contributed by atoms with Crippen molar-refractivity contribution in [3.8, 4) is 0 Å². The molecule has 0 radical (unpaired) electrons. The molecular formula is C23H22N2O2S. The molecule has 0 amide bonds. The van der Waals surface area contributed by atoms with E-state index >= 15 is 0 Å². The maximum Gasteiger partial charge on any atom is 0.337 e. The fourth-order valence-corrected chi connectivity index (χ4v) is 3.14. The van der Waals surface area contributed by atoms with Gasteiger partial charge in [0.05, 0.1) is 18.7 Å². The van der Waals surface area contributed by atoms with Gasteiger partial charge in [-0.3, -0.25) is 0 Å². The van der Waals surface area contributed by atoms with E-state index in [1.807, 2.05) is 24.3 Å². The molecule has 0 bridgehead atoms. The standard InChI is InChI=1S/C23H22N2O2S/c1-16-11-13-18(14-12-16)21(17-7-4-3-5-8-17)25-23(28)24-20-10-6-9-19(15-20)22(26)27-2/h3-15,21H,1-2H3,(H2,24,25,28). The minimum Gasteiger partial charge on any atom is -0.465 e. The Kier molecular flexibility index (Phi) is 6.40. The van der Waals surface area contributed by atoms with E-state index in [0.29, 0.717) is 10.7 Å². The summed E-state index contributed by atoms with van der Waals surface area (Å²) in [5, 5.41) is 7.01. The Hall–Kier alpha value is -3.18. The van der Waals surface area contributed by atoms with E-state index in [9.17, 15) is 4.79 Å². The minimum absolute atomic E-state index is 0.0920. The molecule has 3 aromatic carbocycles. The molecule has 0 aliphatic carbocycles. The largest absolute Gasteiger partial charge is 0.465 e. The molecule has 0 aliphatic rings. The Balaban J connectivity index is 1.80. The predicted molar refractivity (Wildman–Crippen MR) is 117 cm³/mol. The maximum absolute atomic E-state index is 11.7. The first-order chi connectivity index (χ1) is 13.6. The average molecular weight is 391 g/mol. The lowest BCUT2D eigenvalue weighted by molar-refractivity contribution is 0.0601. The van der Waals surface area contributed by atoms with Crippen molar-refractivity contribution in [3.63, 3.8) is 0 Å². The van der Waals surface area contributed by atoms with Crippen LogP contribution in [0.4, 0.5) is 5.69 Å². The van der Waals surface area contributed by atoms with Crippen LogP contribution in [0.2, 0.25) is 0 Å². The number of carbonyl (C=O) groups excluding carboxylic acids is 1. The number of carbonyl (C=O) groups is 1. The monoisotopic (exact) mass is 390 g/mol. The van der Waals surface area contributed by atoms with Crippen LogP contribution in [0.1, 0.15) is 33.1 Å². The van der Waals surface area contributed by atoms with Gasteiger partial charge in [0.1, 0.15) is 0 Å². The van der Waals surface area contributed by atoms with Crippen molar-refractivity contribution in [1.82, 2.24) is 5.32 Å². The molecule has 0 heterocycles. The van der Waals surface area contributed by atoms with Gasteiger partial charge in [0.25, 0.3) is 0 Å². The molecule has 2 N–H and O–H groups in total. The molecule has 1 atom stereocenters. The third-order valence-corrected chi connectivity index (χ3v) is 4.58. The van der Waals surface area contributed by atoms with Crippen LogP contribution in [-0.2, 0) is 4.74 Å². The van der Waals surface area contributed by atoms with E-state index in [0.717, 1.165) is 16.8 Å². The topological polar surface area (TPSA) is 50.4 Å². The molecule has 0 aliphatic heterocycles. The van der Waals surface area contributed by atoms with Gasteiger partial charge in [-0.1, -0.05) is 66.2 Å². The first kappa shape index (κ1) is 19.6. The van der Waals surface area contributed by atoms with Gasteiger partial charge in [-0.2, -0.15) is 0 Å². The second-order valence-corrected chi connectivity index (χ2v) is 6.83. The van der Waals surface area contributed by atoms with Crippen molar-refractivity contribution in [2.24, 2.45) is 0 Å². The van der Waals surface area contributed by atoms with E-state index in [1.165, 1.54) is 12.7 Å². The van der Waals surface area contributed by atoms with E-state index in [-0.39, 0.29) is 12.0 Å². The van der Waals surface area contributed by atoms with Crippen LogP contribution in [0.25, 0.3) is 0 Å². The molecule has 0 aromatic heterocycles. The van der Waals surface area contributed by atoms with Crippen LogP contribution >= 0.6 is 12.2 Å². The highest BCUT2D eigenvalue weighted by atomic mass is 32.1. The van der Waals surface area contributed by atoms with Crippen LogP contribution < -0.4 is 10.6 Å². The van der Waals surface area contributed by atoms with Crippen molar-refractivity contribution < 1.29 is 9.53 Å². The quantitative estimate of drug-likeness (QED) is 0.481. The van der Waals surface area contributed by atoms with Crippen molar-refractivity contribution in [2.45, 2.75) is 13.0 Å². The fraction of sp³-hybridized carbons (Fsp3) is 0.130. The zero-order valence-corrected chi connectivity index (χ0v) is 16.6. The lowest BCUT2D eigenvalue weighted by Crippen LogP contribution is -2.33. The molecule has 142 valence electrons. The molecule has 3 aromatic rings. The van der Waals surface area contributed by atoms with Crippen LogP contribution in [0.5, 0.6) is 0 Å². The van der Waals surface area contributed by atoms with Gasteiger partial charge in [-0.15, -0.1) is 0 Å². The number of rotatable bonds is 5. The number of ether oxygens (including phenoxy) is 1. The van der Waals surface area contributed by atoms with Gasteiger partial charge < -0.3 is 15.4 Å². The second kappa shape index (κ2) is 9.15. The SMILES string of the molecule is COC(=O)c1cccc(NC(=S)NC(c2ccccc2)c2ccc(C)cc2)c1. The summed E-state index contributed by atoms with van der Waals surface area (Å²) >= 11 is 5.54. The van der Waals surface area contributed by atoms with Gasteiger partial charge in [-0.25, -0.2) is 4.79 Å². The van der Waals surface area contributed by atoms with E-state index < -0.39 is 0 Å². The summed E-state index contributed by atoms with van der Waals surface area (Å²) in [5.74, 6) is -0.385. The predicted octanol–water partition coefficient (Wildman–Crippen LogP) is 4.86. The number of benzene rings is 3. The number of esters is 1. The number of thiocarbonyl (C=S) groups is 1. The lowest BCUT2D eigenvalue weighted by Gasteiger charge is -2.22. The Bertz CT molecular complexity index is 956. The lowest BCUT2D eigenvalue weighted by atomic mass is 9.98. The number of hydrogen-bond acceptors (Lipinski definition) is 3. The normalized spacial score (nSPS) is 11.4. The second-order valence-electron chi connectivity index (χ2n) is 6.43. The third-order valence-electron chi connectivity index (χ3n) is 4.36. The van der Waals surface area contributed by atoms with Gasteiger partial charge in [0.2, 0.25) is 0 Å².